The molecule has 0 fully saturated rings. The number of benzene rings is 2. The number of rotatable bonds is 7. The molecular formula is C24H22N6O4S. The van der Waals surface area contributed by atoms with Crippen LogP contribution in [0.4, 0.5) is 5.82 Å². The zero-order chi connectivity index (χ0) is 24.5. The lowest BCUT2D eigenvalue weighted by molar-refractivity contribution is -0.115. The van der Waals surface area contributed by atoms with Crippen molar-refractivity contribution in [3.05, 3.63) is 70.7 Å². The van der Waals surface area contributed by atoms with Crippen LogP contribution in [0.1, 0.15) is 19.1 Å². The third-order valence-electron chi connectivity index (χ3n) is 5.50. The predicted molar refractivity (Wildman–Crippen MR) is 132 cm³/mol. The van der Waals surface area contributed by atoms with E-state index in [1.54, 1.807) is 48.8 Å². The number of amides is 1. The van der Waals surface area contributed by atoms with Crippen molar-refractivity contribution in [2.45, 2.75) is 30.7 Å². The largest absolute Gasteiger partial charge is 0.497 e. The van der Waals surface area contributed by atoms with Gasteiger partial charge in [0.2, 0.25) is 11.7 Å². The number of nitrogens with one attached hydrogen (secondary N) is 1. The number of aryl methyl sites for hydroxylation is 1. The number of carbonyl (C=O) groups is 1. The van der Waals surface area contributed by atoms with Crippen LogP contribution >= 0.6 is 11.8 Å². The van der Waals surface area contributed by atoms with E-state index in [2.05, 4.69) is 20.7 Å². The Hall–Kier alpha value is -4.12. The molecule has 5 aromatic rings. The minimum atomic E-state index is -0.477. The van der Waals surface area contributed by atoms with E-state index in [0.29, 0.717) is 51.3 Å². The summed E-state index contributed by atoms with van der Waals surface area (Å²) in [6, 6.07) is 16.1. The topological polar surface area (TPSA) is 117 Å². The second-order valence-electron chi connectivity index (χ2n) is 7.80. The van der Waals surface area contributed by atoms with Gasteiger partial charge in [-0.05, 0) is 37.6 Å². The molecule has 1 atom stereocenters. The Morgan fingerprint density at radius 1 is 1.17 bits per heavy atom. The summed E-state index contributed by atoms with van der Waals surface area (Å²) in [5.74, 6) is 1.68. The maximum Gasteiger partial charge on any atom is 0.267 e. The minimum Gasteiger partial charge on any atom is -0.497 e. The van der Waals surface area contributed by atoms with Crippen molar-refractivity contribution in [3.63, 3.8) is 0 Å². The van der Waals surface area contributed by atoms with Crippen molar-refractivity contribution in [1.29, 1.82) is 0 Å². The molecule has 0 aliphatic rings. The van der Waals surface area contributed by atoms with Crippen molar-refractivity contribution >= 4 is 40.2 Å². The fourth-order valence-corrected chi connectivity index (χ4v) is 4.78. The van der Waals surface area contributed by atoms with Crippen LogP contribution in [0.2, 0.25) is 0 Å². The molecule has 178 valence electrons. The van der Waals surface area contributed by atoms with Gasteiger partial charge in [-0.25, -0.2) is 4.57 Å². The number of nitrogens with zero attached hydrogens (tertiary/aromatic N) is 5. The summed E-state index contributed by atoms with van der Waals surface area (Å²) in [4.78, 5) is 26.4. The summed E-state index contributed by atoms with van der Waals surface area (Å²) in [7, 11) is 1.57. The number of para-hydroxylation sites is 1. The van der Waals surface area contributed by atoms with Gasteiger partial charge in [0.05, 0.1) is 29.0 Å². The smallest absolute Gasteiger partial charge is 0.267 e. The molecule has 11 heteroatoms. The van der Waals surface area contributed by atoms with Crippen LogP contribution in [0.3, 0.4) is 0 Å². The molecule has 0 radical (unpaired) electrons. The van der Waals surface area contributed by atoms with Gasteiger partial charge in [0.15, 0.2) is 11.0 Å². The van der Waals surface area contributed by atoms with Crippen molar-refractivity contribution in [3.8, 4) is 11.4 Å². The Kier molecular flexibility index (Phi) is 6.00. The predicted octanol–water partition coefficient (Wildman–Crippen LogP) is 3.85. The highest BCUT2D eigenvalue weighted by Crippen LogP contribution is 2.29. The van der Waals surface area contributed by atoms with E-state index < -0.39 is 5.25 Å². The van der Waals surface area contributed by atoms with Gasteiger partial charge in [-0.15, -0.1) is 10.2 Å². The Labute approximate surface area is 203 Å². The summed E-state index contributed by atoms with van der Waals surface area (Å²) in [6.45, 7) is 3.67. The number of hydrogen-bond acceptors (Lipinski definition) is 8. The van der Waals surface area contributed by atoms with Crippen LogP contribution in [-0.4, -0.2) is 42.6 Å². The quantitative estimate of drug-likeness (QED) is 0.342. The van der Waals surface area contributed by atoms with Crippen molar-refractivity contribution in [2.24, 2.45) is 0 Å². The van der Waals surface area contributed by atoms with Crippen LogP contribution in [0.25, 0.3) is 22.4 Å². The standard InChI is InChI=1S/C24H22N6O4S/c1-4-19(21(31)25-20-12-14(2)34-28-20)35-24-27-26-23-29(15-8-7-9-16(13-15)33-3)22(32)17-10-5-6-11-18(17)30(23)24/h5-13,19H,4H2,1-3H3,(H,25,28,31). The summed E-state index contributed by atoms with van der Waals surface area (Å²) < 4.78 is 13.7. The molecule has 0 saturated carbocycles. The Morgan fingerprint density at radius 2 is 2.00 bits per heavy atom. The lowest BCUT2D eigenvalue weighted by Crippen LogP contribution is -2.25. The average molecular weight is 491 g/mol. The first-order valence-corrected chi connectivity index (χ1v) is 11.8. The summed E-state index contributed by atoms with van der Waals surface area (Å²) in [5.41, 5.74) is 1.03. The monoisotopic (exact) mass is 490 g/mol. The van der Waals surface area contributed by atoms with Gasteiger partial charge in [-0.3, -0.25) is 14.0 Å². The molecule has 0 bridgehead atoms. The molecule has 10 nitrogen and oxygen atoms in total. The van der Waals surface area contributed by atoms with Crippen molar-refractivity contribution in [1.82, 2.24) is 24.3 Å². The van der Waals surface area contributed by atoms with Crippen molar-refractivity contribution in [2.75, 3.05) is 12.4 Å². The lowest BCUT2D eigenvalue weighted by atomic mass is 10.2. The molecule has 2 aromatic carbocycles. The van der Waals surface area contributed by atoms with E-state index in [0.717, 1.165) is 0 Å². The van der Waals surface area contributed by atoms with Crippen LogP contribution in [-0.2, 0) is 4.79 Å². The van der Waals surface area contributed by atoms with Gasteiger partial charge in [-0.1, -0.05) is 42.0 Å². The number of anilines is 1. The molecule has 0 saturated heterocycles. The van der Waals surface area contributed by atoms with E-state index in [1.807, 2.05) is 31.2 Å². The van der Waals surface area contributed by atoms with E-state index >= 15 is 0 Å². The number of thioether (sulfide) groups is 1. The molecule has 0 aliphatic heterocycles. The van der Waals surface area contributed by atoms with Crippen LogP contribution in [0.5, 0.6) is 5.75 Å². The lowest BCUT2D eigenvalue weighted by Gasteiger charge is -2.14. The average Bonchev–Trinajstić information content (AvgIpc) is 3.48. The highest BCUT2D eigenvalue weighted by atomic mass is 32.2. The Balaban J connectivity index is 1.62. The SMILES string of the molecule is CCC(Sc1nnc2n(-c3cccc(OC)c3)c(=O)c3ccccc3n12)C(=O)Nc1cc(C)on1. The van der Waals surface area contributed by atoms with Gasteiger partial charge < -0.3 is 14.6 Å². The normalized spacial score (nSPS) is 12.2. The molecule has 1 amide bonds. The molecule has 5 rings (SSSR count). The van der Waals surface area contributed by atoms with E-state index in [4.69, 9.17) is 9.26 Å². The highest BCUT2D eigenvalue weighted by molar-refractivity contribution is 8.00. The van der Waals surface area contributed by atoms with Gasteiger partial charge in [-0.2, -0.15) is 0 Å². The first-order valence-electron chi connectivity index (χ1n) is 10.9. The fourth-order valence-electron chi connectivity index (χ4n) is 3.82. The van der Waals surface area contributed by atoms with E-state index in [9.17, 15) is 9.59 Å². The maximum atomic E-state index is 13.5. The zero-order valence-corrected chi connectivity index (χ0v) is 20.1. The Morgan fingerprint density at radius 3 is 2.74 bits per heavy atom. The second-order valence-corrected chi connectivity index (χ2v) is 8.97. The molecule has 3 heterocycles. The maximum absolute atomic E-state index is 13.5. The van der Waals surface area contributed by atoms with Crippen LogP contribution in [0.15, 0.2) is 69.1 Å². The minimum absolute atomic E-state index is 0.225. The molecule has 3 aromatic heterocycles. The fraction of sp³-hybridized carbons (Fsp3) is 0.208. The number of aromatic nitrogens is 5. The van der Waals surface area contributed by atoms with Gasteiger partial charge >= 0.3 is 0 Å². The third-order valence-corrected chi connectivity index (χ3v) is 6.80. The molecule has 35 heavy (non-hydrogen) atoms. The summed E-state index contributed by atoms with van der Waals surface area (Å²) >= 11 is 1.27. The number of carbonyl (C=O) groups excluding carboxylic acids is 1. The van der Waals surface area contributed by atoms with Crippen molar-refractivity contribution < 1.29 is 14.1 Å². The molecular weight excluding hydrogens is 468 g/mol. The second kappa shape index (κ2) is 9.26. The van der Waals surface area contributed by atoms with Gasteiger partial charge in [0, 0.05) is 12.1 Å². The van der Waals surface area contributed by atoms with E-state index in [-0.39, 0.29) is 11.5 Å². The molecule has 0 aliphatic carbocycles. The number of ether oxygens (including phenoxy) is 1. The zero-order valence-electron chi connectivity index (χ0n) is 19.3. The molecule has 1 unspecified atom stereocenters. The van der Waals surface area contributed by atoms with Gasteiger partial charge in [0.25, 0.3) is 5.56 Å². The highest BCUT2D eigenvalue weighted by Gasteiger charge is 2.24. The number of methoxy groups -OCH3 is 1. The number of hydrogen-bond donors (Lipinski definition) is 1. The summed E-state index contributed by atoms with van der Waals surface area (Å²) in [6.07, 6.45) is 0.537. The third kappa shape index (κ3) is 4.14. The Bertz CT molecular complexity index is 1600. The summed E-state index contributed by atoms with van der Waals surface area (Å²) in [5, 5.41) is 15.8. The molecule has 0 spiro atoms. The van der Waals surface area contributed by atoms with E-state index in [1.165, 1.54) is 16.3 Å². The first kappa shape index (κ1) is 22.7. The molecule has 1 N–H and O–H groups in total. The number of fused-ring (bicyclic) bond motifs is 3. The van der Waals surface area contributed by atoms with Crippen LogP contribution in [0, 0.1) is 6.92 Å². The first-order chi connectivity index (χ1) is 17.0. The van der Waals surface area contributed by atoms with Gasteiger partial charge in [0.1, 0.15) is 11.5 Å². The van der Waals surface area contributed by atoms with Crippen LogP contribution < -0.4 is 15.6 Å².